The van der Waals surface area contributed by atoms with Crippen LogP contribution >= 0.6 is 12.4 Å². The molecule has 1 atom stereocenters. The summed E-state index contributed by atoms with van der Waals surface area (Å²) in [6.07, 6.45) is 0.348. The quantitative estimate of drug-likeness (QED) is 0.750. The zero-order chi connectivity index (χ0) is 17.5. The average molecular weight is 376 g/mol. The predicted molar refractivity (Wildman–Crippen MR) is 104 cm³/mol. The molecule has 1 aliphatic rings. The molecular formula is C19H22ClN3O3. The molecular weight excluding hydrogens is 354 g/mol. The van der Waals surface area contributed by atoms with E-state index in [2.05, 4.69) is 16.0 Å². The lowest BCUT2D eigenvalue weighted by atomic mass is 10.2. The molecule has 1 unspecified atom stereocenters. The van der Waals surface area contributed by atoms with Crippen LogP contribution in [0.15, 0.2) is 54.6 Å². The average Bonchev–Trinajstić information content (AvgIpc) is 2.63. The Bertz CT molecular complexity index is 734. The van der Waals surface area contributed by atoms with Gasteiger partial charge in [0.2, 0.25) is 5.91 Å². The molecule has 0 spiro atoms. The van der Waals surface area contributed by atoms with E-state index in [0.717, 1.165) is 6.54 Å². The van der Waals surface area contributed by atoms with Crippen molar-refractivity contribution in [2.24, 2.45) is 0 Å². The Morgan fingerprint density at radius 1 is 1.04 bits per heavy atom. The van der Waals surface area contributed by atoms with Gasteiger partial charge in [0.1, 0.15) is 0 Å². The maximum absolute atomic E-state index is 12.2. The van der Waals surface area contributed by atoms with E-state index in [4.69, 9.17) is 4.74 Å². The first-order valence-corrected chi connectivity index (χ1v) is 8.28. The largest absolute Gasteiger partial charge is 0.378 e. The van der Waals surface area contributed by atoms with Crippen LogP contribution in [0.3, 0.4) is 0 Å². The maximum atomic E-state index is 12.2. The van der Waals surface area contributed by atoms with Crippen LogP contribution in [-0.4, -0.2) is 37.6 Å². The van der Waals surface area contributed by atoms with Crippen LogP contribution in [0.2, 0.25) is 0 Å². The van der Waals surface area contributed by atoms with E-state index >= 15 is 0 Å². The molecule has 0 bridgehead atoms. The summed E-state index contributed by atoms with van der Waals surface area (Å²) in [6, 6.07) is 16.1. The molecule has 3 N–H and O–H groups in total. The molecule has 138 valence electrons. The van der Waals surface area contributed by atoms with Gasteiger partial charge in [-0.25, -0.2) is 0 Å². The second-order valence-electron chi connectivity index (χ2n) is 5.88. The van der Waals surface area contributed by atoms with Crippen LogP contribution < -0.4 is 16.0 Å². The Morgan fingerprint density at radius 2 is 1.77 bits per heavy atom. The van der Waals surface area contributed by atoms with E-state index in [1.165, 1.54) is 0 Å². The number of nitrogens with one attached hydrogen (secondary N) is 3. The highest BCUT2D eigenvalue weighted by Gasteiger charge is 2.17. The molecule has 2 amide bonds. The normalized spacial score (nSPS) is 16.2. The summed E-state index contributed by atoms with van der Waals surface area (Å²) < 4.78 is 5.35. The second kappa shape index (κ2) is 9.91. The van der Waals surface area contributed by atoms with Crippen molar-refractivity contribution in [3.05, 3.63) is 60.2 Å². The van der Waals surface area contributed by atoms with E-state index in [1.54, 1.807) is 36.4 Å². The molecule has 0 saturated carbocycles. The highest BCUT2D eigenvalue weighted by Crippen LogP contribution is 2.16. The van der Waals surface area contributed by atoms with Gasteiger partial charge in [-0.05, 0) is 30.3 Å². The predicted octanol–water partition coefficient (Wildman–Crippen LogP) is 2.68. The molecule has 0 radical (unpaired) electrons. The molecule has 1 heterocycles. The van der Waals surface area contributed by atoms with Crippen molar-refractivity contribution in [1.82, 2.24) is 5.32 Å². The van der Waals surface area contributed by atoms with Crippen LogP contribution in [0.4, 0.5) is 11.4 Å². The number of hydrogen-bond acceptors (Lipinski definition) is 4. The van der Waals surface area contributed by atoms with Crippen molar-refractivity contribution >= 4 is 35.6 Å². The number of morpholine rings is 1. The molecule has 2 aromatic carbocycles. The van der Waals surface area contributed by atoms with Gasteiger partial charge in [-0.2, -0.15) is 0 Å². The van der Waals surface area contributed by atoms with E-state index in [9.17, 15) is 9.59 Å². The zero-order valence-corrected chi connectivity index (χ0v) is 15.1. The molecule has 7 heteroatoms. The van der Waals surface area contributed by atoms with Gasteiger partial charge >= 0.3 is 0 Å². The van der Waals surface area contributed by atoms with Crippen molar-refractivity contribution in [2.45, 2.75) is 12.5 Å². The molecule has 6 nitrogen and oxygen atoms in total. The Hall–Kier alpha value is -2.41. The monoisotopic (exact) mass is 375 g/mol. The fraction of sp³-hybridized carbons (Fsp3) is 0.263. The number of halogens is 1. The molecule has 2 aromatic rings. The summed E-state index contributed by atoms with van der Waals surface area (Å²) >= 11 is 0. The first-order valence-electron chi connectivity index (χ1n) is 8.28. The highest BCUT2D eigenvalue weighted by atomic mass is 35.5. The zero-order valence-electron chi connectivity index (χ0n) is 14.2. The number of rotatable bonds is 5. The third kappa shape index (κ3) is 5.84. The van der Waals surface area contributed by atoms with Crippen LogP contribution in [0, 0.1) is 0 Å². The van der Waals surface area contributed by atoms with Crippen molar-refractivity contribution in [3.8, 4) is 0 Å². The number of amides is 2. The van der Waals surface area contributed by atoms with Gasteiger partial charge in [0, 0.05) is 35.9 Å². The minimum absolute atomic E-state index is 0. The fourth-order valence-corrected chi connectivity index (χ4v) is 2.65. The lowest BCUT2D eigenvalue weighted by Gasteiger charge is -2.23. The number of hydrogen-bond donors (Lipinski definition) is 3. The van der Waals surface area contributed by atoms with Gasteiger partial charge in [0.15, 0.2) is 0 Å². The molecule has 0 aliphatic carbocycles. The van der Waals surface area contributed by atoms with Crippen molar-refractivity contribution in [1.29, 1.82) is 0 Å². The van der Waals surface area contributed by atoms with E-state index < -0.39 is 0 Å². The van der Waals surface area contributed by atoms with Gasteiger partial charge in [-0.3, -0.25) is 9.59 Å². The lowest BCUT2D eigenvalue weighted by Crippen LogP contribution is -2.43. The number of ether oxygens (including phenoxy) is 1. The molecule has 1 saturated heterocycles. The molecule has 1 fully saturated rings. The van der Waals surface area contributed by atoms with Crippen LogP contribution in [-0.2, 0) is 9.53 Å². The smallest absolute Gasteiger partial charge is 0.255 e. The maximum Gasteiger partial charge on any atom is 0.255 e. The second-order valence-corrected chi connectivity index (χ2v) is 5.88. The standard InChI is InChI=1S/C19H21N3O3.ClH/c23-18(12-17-13-25-10-9-20-17)21-15-7-4-8-16(11-15)22-19(24)14-5-2-1-3-6-14;/h1-8,11,17,20H,9-10,12-13H2,(H,21,23)(H,22,24);1H. The molecule has 26 heavy (non-hydrogen) atoms. The minimum atomic E-state index is -0.187. The summed E-state index contributed by atoms with van der Waals surface area (Å²) in [5, 5.41) is 8.94. The van der Waals surface area contributed by atoms with Crippen molar-refractivity contribution in [2.75, 3.05) is 30.4 Å². The summed E-state index contributed by atoms with van der Waals surface area (Å²) in [4.78, 5) is 24.3. The van der Waals surface area contributed by atoms with Gasteiger partial charge < -0.3 is 20.7 Å². The number of carbonyl (C=O) groups is 2. The Kier molecular flexibility index (Phi) is 7.59. The van der Waals surface area contributed by atoms with Gasteiger partial charge in [0.25, 0.3) is 5.91 Å². The SMILES string of the molecule is Cl.O=C(CC1COCCN1)Nc1cccc(NC(=O)c2ccccc2)c1. The highest BCUT2D eigenvalue weighted by molar-refractivity contribution is 6.04. The number of anilines is 2. The number of benzene rings is 2. The molecule has 3 rings (SSSR count). The first kappa shape index (κ1) is 19.9. The van der Waals surface area contributed by atoms with Crippen LogP contribution in [0.5, 0.6) is 0 Å². The Balaban J connectivity index is 0.00000243. The van der Waals surface area contributed by atoms with E-state index in [-0.39, 0.29) is 30.3 Å². The fourth-order valence-electron chi connectivity index (χ4n) is 2.65. The third-order valence-electron chi connectivity index (χ3n) is 3.87. The topological polar surface area (TPSA) is 79.5 Å². The van der Waals surface area contributed by atoms with E-state index in [1.807, 2.05) is 18.2 Å². The van der Waals surface area contributed by atoms with Gasteiger partial charge in [-0.15, -0.1) is 12.4 Å². The third-order valence-corrected chi connectivity index (χ3v) is 3.87. The van der Waals surface area contributed by atoms with E-state index in [0.29, 0.717) is 36.6 Å². The first-order chi connectivity index (χ1) is 12.2. The Labute approximate surface area is 158 Å². The summed E-state index contributed by atoms with van der Waals surface area (Å²) in [5.74, 6) is -0.276. The number of carbonyl (C=O) groups excluding carboxylic acids is 2. The lowest BCUT2D eigenvalue weighted by molar-refractivity contribution is -0.117. The molecule has 1 aliphatic heterocycles. The van der Waals surface area contributed by atoms with Crippen molar-refractivity contribution in [3.63, 3.8) is 0 Å². The molecule has 0 aromatic heterocycles. The van der Waals surface area contributed by atoms with Crippen LogP contribution in [0.25, 0.3) is 0 Å². The minimum Gasteiger partial charge on any atom is -0.378 e. The summed E-state index contributed by atoms with van der Waals surface area (Å²) in [7, 11) is 0. The van der Waals surface area contributed by atoms with Crippen LogP contribution in [0.1, 0.15) is 16.8 Å². The van der Waals surface area contributed by atoms with Crippen molar-refractivity contribution < 1.29 is 14.3 Å². The van der Waals surface area contributed by atoms with Gasteiger partial charge in [-0.1, -0.05) is 24.3 Å². The Morgan fingerprint density at radius 3 is 2.46 bits per heavy atom. The summed E-state index contributed by atoms with van der Waals surface area (Å²) in [5.41, 5.74) is 1.86. The van der Waals surface area contributed by atoms with Gasteiger partial charge in [0.05, 0.1) is 13.2 Å². The summed E-state index contributed by atoms with van der Waals surface area (Å²) in [6.45, 7) is 1.99.